The van der Waals surface area contributed by atoms with E-state index in [9.17, 15) is 9.59 Å². The molecular formula is C12H15NO2. The van der Waals surface area contributed by atoms with Crippen molar-refractivity contribution >= 4 is 11.6 Å². The minimum absolute atomic E-state index is 0.0296. The van der Waals surface area contributed by atoms with Crippen LogP contribution in [-0.2, 0) is 16.1 Å². The number of carbonyl (C=O) groups excluding carboxylic acids is 2. The summed E-state index contributed by atoms with van der Waals surface area (Å²) < 4.78 is 0. The summed E-state index contributed by atoms with van der Waals surface area (Å²) >= 11 is 0. The Hall–Kier alpha value is -1.48. The van der Waals surface area contributed by atoms with Crippen LogP contribution in [0.1, 0.15) is 18.9 Å². The zero-order valence-electron chi connectivity index (χ0n) is 8.82. The van der Waals surface area contributed by atoms with Crippen LogP contribution in [0.3, 0.4) is 0 Å². The van der Waals surface area contributed by atoms with Crippen molar-refractivity contribution < 1.29 is 9.59 Å². The van der Waals surface area contributed by atoms with E-state index in [0.29, 0.717) is 6.54 Å². The Bertz CT molecular complexity index is 333. The van der Waals surface area contributed by atoms with Gasteiger partial charge in [0, 0.05) is 6.54 Å². The predicted octanol–water partition coefficient (Wildman–Crippen LogP) is 1.32. The molecule has 1 N–H and O–H groups in total. The SMILES string of the molecule is CC(=O)CC(=O)CNCc1ccccc1. The molecule has 0 aliphatic heterocycles. The van der Waals surface area contributed by atoms with E-state index in [1.807, 2.05) is 30.3 Å². The number of ketones is 2. The molecule has 0 aliphatic carbocycles. The molecule has 0 unspecified atom stereocenters. The highest BCUT2D eigenvalue weighted by Gasteiger charge is 2.04. The lowest BCUT2D eigenvalue weighted by Crippen LogP contribution is -2.23. The largest absolute Gasteiger partial charge is 0.306 e. The van der Waals surface area contributed by atoms with Crippen LogP contribution in [0.25, 0.3) is 0 Å². The third-order valence-corrected chi connectivity index (χ3v) is 1.94. The minimum Gasteiger partial charge on any atom is -0.306 e. The topological polar surface area (TPSA) is 46.2 Å². The first-order valence-electron chi connectivity index (χ1n) is 4.94. The molecule has 0 saturated heterocycles. The molecular weight excluding hydrogens is 190 g/mol. The normalized spacial score (nSPS) is 9.93. The van der Waals surface area contributed by atoms with Crippen molar-refractivity contribution in [3.05, 3.63) is 35.9 Å². The second-order valence-electron chi connectivity index (χ2n) is 3.51. The molecule has 0 amide bonds. The first kappa shape index (κ1) is 11.6. The number of carbonyl (C=O) groups is 2. The molecule has 0 saturated carbocycles. The minimum atomic E-state index is -0.0819. The summed E-state index contributed by atoms with van der Waals surface area (Å²) in [5.74, 6) is -0.139. The van der Waals surface area contributed by atoms with Crippen molar-refractivity contribution in [3.63, 3.8) is 0 Å². The van der Waals surface area contributed by atoms with E-state index in [4.69, 9.17) is 0 Å². The van der Waals surface area contributed by atoms with Gasteiger partial charge in [-0.3, -0.25) is 9.59 Å². The maximum atomic E-state index is 11.2. The fourth-order valence-corrected chi connectivity index (χ4v) is 1.28. The average molecular weight is 205 g/mol. The van der Waals surface area contributed by atoms with Crippen molar-refractivity contribution in [1.82, 2.24) is 5.32 Å². The highest BCUT2D eigenvalue weighted by molar-refractivity contribution is 5.98. The monoisotopic (exact) mass is 205 g/mol. The van der Waals surface area contributed by atoms with Crippen LogP contribution in [0.2, 0.25) is 0 Å². The Kier molecular flexibility index (Phi) is 4.71. The molecule has 0 aromatic heterocycles. The van der Waals surface area contributed by atoms with Crippen molar-refractivity contribution in [2.75, 3.05) is 6.54 Å². The van der Waals surface area contributed by atoms with Crippen molar-refractivity contribution in [3.8, 4) is 0 Å². The quantitative estimate of drug-likeness (QED) is 0.712. The van der Waals surface area contributed by atoms with Gasteiger partial charge in [0.2, 0.25) is 0 Å². The first-order chi connectivity index (χ1) is 7.18. The summed E-state index contributed by atoms with van der Waals surface area (Å²) in [7, 11) is 0. The Morgan fingerprint density at radius 1 is 1.20 bits per heavy atom. The molecule has 80 valence electrons. The van der Waals surface area contributed by atoms with Gasteiger partial charge in [-0.2, -0.15) is 0 Å². The van der Waals surface area contributed by atoms with E-state index in [1.165, 1.54) is 6.92 Å². The molecule has 0 heterocycles. The van der Waals surface area contributed by atoms with Crippen LogP contribution in [0.4, 0.5) is 0 Å². The van der Waals surface area contributed by atoms with Gasteiger partial charge in [-0.25, -0.2) is 0 Å². The van der Waals surface area contributed by atoms with Crippen molar-refractivity contribution in [1.29, 1.82) is 0 Å². The van der Waals surface area contributed by atoms with Crippen LogP contribution < -0.4 is 5.32 Å². The highest BCUT2D eigenvalue weighted by atomic mass is 16.1. The van der Waals surface area contributed by atoms with Gasteiger partial charge in [0.15, 0.2) is 5.78 Å². The Labute approximate surface area is 89.5 Å². The third-order valence-electron chi connectivity index (χ3n) is 1.94. The van der Waals surface area contributed by atoms with E-state index in [0.717, 1.165) is 5.56 Å². The lowest BCUT2D eigenvalue weighted by Gasteiger charge is -2.02. The number of benzene rings is 1. The summed E-state index contributed by atoms with van der Waals surface area (Å²) in [4.78, 5) is 21.8. The van der Waals surface area contributed by atoms with E-state index >= 15 is 0 Å². The second-order valence-corrected chi connectivity index (χ2v) is 3.51. The van der Waals surface area contributed by atoms with Crippen molar-refractivity contribution in [2.24, 2.45) is 0 Å². The molecule has 1 aromatic rings. The maximum absolute atomic E-state index is 11.2. The summed E-state index contributed by atoms with van der Waals surface area (Å²) in [6.45, 7) is 2.34. The molecule has 0 bridgehead atoms. The molecule has 0 atom stereocenters. The van der Waals surface area contributed by atoms with Gasteiger partial charge in [0.1, 0.15) is 5.78 Å². The number of Topliss-reactive ketones (excluding diaryl/α,β-unsaturated/α-hetero) is 2. The molecule has 1 aromatic carbocycles. The number of hydrogen-bond acceptors (Lipinski definition) is 3. The van der Waals surface area contributed by atoms with Crippen LogP contribution in [0, 0.1) is 0 Å². The van der Waals surface area contributed by atoms with Gasteiger partial charge in [0.05, 0.1) is 13.0 Å². The highest BCUT2D eigenvalue weighted by Crippen LogP contribution is 1.96. The molecule has 15 heavy (non-hydrogen) atoms. The van der Waals surface area contributed by atoms with E-state index in [1.54, 1.807) is 0 Å². The van der Waals surface area contributed by atoms with Gasteiger partial charge in [-0.1, -0.05) is 30.3 Å². The van der Waals surface area contributed by atoms with Crippen LogP contribution >= 0.6 is 0 Å². The molecule has 1 rings (SSSR count). The fraction of sp³-hybridized carbons (Fsp3) is 0.333. The first-order valence-corrected chi connectivity index (χ1v) is 4.94. The summed E-state index contributed by atoms with van der Waals surface area (Å²) in [6, 6.07) is 9.83. The van der Waals surface area contributed by atoms with Gasteiger partial charge in [0.25, 0.3) is 0 Å². The maximum Gasteiger partial charge on any atom is 0.153 e. The second kappa shape index (κ2) is 6.09. The number of rotatable bonds is 6. The van der Waals surface area contributed by atoms with Crippen molar-refractivity contribution in [2.45, 2.75) is 19.9 Å². The molecule has 0 radical (unpaired) electrons. The average Bonchev–Trinajstić information content (AvgIpc) is 2.18. The van der Waals surface area contributed by atoms with Crippen LogP contribution in [0.5, 0.6) is 0 Å². The number of nitrogens with one attached hydrogen (secondary N) is 1. The lowest BCUT2D eigenvalue weighted by atomic mass is 10.2. The Morgan fingerprint density at radius 3 is 2.47 bits per heavy atom. The van der Waals surface area contributed by atoms with Crippen LogP contribution in [-0.4, -0.2) is 18.1 Å². The van der Waals surface area contributed by atoms with Gasteiger partial charge >= 0.3 is 0 Å². The predicted molar refractivity (Wildman–Crippen MR) is 58.5 cm³/mol. The Morgan fingerprint density at radius 2 is 1.87 bits per heavy atom. The van der Waals surface area contributed by atoms with E-state index < -0.39 is 0 Å². The van der Waals surface area contributed by atoms with Gasteiger partial charge in [-0.15, -0.1) is 0 Å². The van der Waals surface area contributed by atoms with Crippen LogP contribution in [0.15, 0.2) is 30.3 Å². The zero-order chi connectivity index (χ0) is 11.1. The standard InChI is InChI=1S/C12H15NO2/c1-10(14)7-12(15)9-13-8-11-5-3-2-4-6-11/h2-6,13H,7-9H2,1H3. The molecule has 3 heteroatoms. The zero-order valence-corrected chi connectivity index (χ0v) is 8.82. The molecule has 0 fully saturated rings. The lowest BCUT2D eigenvalue weighted by molar-refractivity contribution is -0.125. The Balaban J connectivity index is 2.22. The number of hydrogen-bond donors (Lipinski definition) is 1. The fourth-order valence-electron chi connectivity index (χ4n) is 1.28. The smallest absolute Gasteiger partial charge is 0.153 e. The third kappa shape index (κ3) is 5.08. The molecule has 0 aliphatic rings. The van der Waals surface area contributed by atoms with Gasteiger partial charge in [-0.05, 0) is 12.5 Å². The summed E-state index contributed by atoms with van der Waals surface area (Å²) in [5.41, 5.74) is 1.13. The van der Waals surface area contributed by atoms with E-state index in [2.05, 4.69) is 5.32 Å². The van der Waals surface area contributed by atoms with Gasteiger partial charge < -0.3 is 5.32 Å². The summed E-state index contributed by atoms with van der Waals surface area (Å²) in [6.07, 6.45) is 0.0296. The van der Waals surface area contributed by atoms with E-state index in [-0.39, 0.29) is 24.5 Å². The summed E-state index contributed by atoms with van der Waals surface area (Å²) in [5, 5.41) is 3.01. The molecule has 0 spiro atoms. The molecule has 3 nitrogen and oxygen atoms in total.